The number of alkyl halides is 1. The Kier molecular flexibility index (Phi) is 1.76. The van der Waals surface area contributed by atoms with Crippen LogP contribution < -0.4 is 5.32 Å². The molecule has 0 aromatic rings. The molecule has 0 aromatic carbocycles. The molecule has 2 heterocycles. The van der Waals surface area contributed by atoms with Crippen LogP contribution in [0.15, 0.2) is 12.7 Å². The first-order chi connectivity index (χ1) is 5.65. The third-order valence-electron chi connectivity index (χ3n) is 3.38. The Balaban J connectivity index is 2.04. The largest absolute Gasteiger partial charge is 0.313 e. The molecule has 12 heavy (non-hydrogen) atoms. The van der Waals surface area contributed by atoms with Crippen molar-refractivity contribution in [2.45, 2.75) is 31.5 Å². The second-order valence-electron chi connectivity index (χ2n) is 4.31. The van der Waals surface area contributed by atoms with E-state index >= 15 is 0 Å². The Morgan fingerprint density at radius 2 is 2.50 bits per heavy atom. The number of hydrogen-bond acceptors (Lipinski definition) is 1. The topological polar surface area (TPSA) is 12.0 Å². The van der Waals surface area contributed by atoms with Gasteiger partial charge in [-0.2, -0.15) is 0 Å². The van der Waals surface area contributed by atoms with Crippen molar-refractivity contribution in [3.8, 4) is 0 Å². The Morgan fingerprint density at radius 1 is 1.75 bits per heavy atom. The average Bonchev–Trinajstić information content (AvgIpc) is 2.40. The summed E-state index contributed by atoms with van der Waals surface area (Å²) in [7, 11) is 0. The average molecular weight is 169 g/mol. The molecule has 0 aromatic heterocycles. The highest BCUT2D eigenvalue weighted by atomic mass is 19.1. The highest BCUT2D eigenvalue weighted by Crippen LogP contribution is 2.49. The molecule has 1 saturated carbocycles. The summed E-state index contributed by atoms with van der Waals surface area (Å²) in [4.78, 5) is 0. The molecule has 1 N–H and O–H groups in total. The van der Waals surface area contributed by atoms with Crippen LogP contribution in [0.25, 0.3) is 0 Å². The van der Waals surface area contributed by atoms with Gasteiger partial charge in [0.1, 0.15) is 5.67 Å². The van der Waals surface area contributed by atoms with Gasteiger partial charge in [-0.15, -0.1) is 6.58 Å². The molecule has 3 rings (SSSR count). The lowest BCUT2D eigenvalue weighted by molar-refractivity contribution is 0.0147. The molecule has 4 atom stereocenters. The second kappa shape index (κ2) is 2.56. The van der Waals surface area contributed by atoms with Crippen molar-refractivity contribution in [1.29, 1.82) is 0 Å². The van der Waals surface area contributed by atoms with Gasteiger partial charge in [-0.25, -0.2) is 4.39 Å². The van der Waals surface area contributed by atoms with Crippen molar-refractivity contribution in [2.75, 3.05) is 6.54 Å². The van der Waals surface area contributed by atoms with Crippen molar-refractivity contribution in [3.63, 3.8) is 0 Å². The fourth-order valence-electron chi connectivity index (χ4n) is 2.80. The van der Waals surface area contributed by atoms with E-state index in [-0.39, 0.29) is 5.92 Å². The molecule has 2 saturated heterocycles. The lowest BCUT2D eigenvalue weighted by atomic mass is 9.65. The molecule has 1 nitrogen and oxygen atoms in total. The van der Waals surface area contributed by atoms with Gasteiger partial charge in [0.25, 0.3) is 0 Å². The Bertz CT molecular complexity index is 186. The molecule has 2 bridgehead atoms. The molecule has 2 heteroatoms. The number of hydrogen-bond donors (Lipinski definition) is 1. The SMILES string of the molecule is C=CCC(C)(F)C1C2CNC1C2. The first-order valence-corrected chi connectivity index (χ1v) is 4.68. The zero-order valence-corrected chi connectivity index (χ0v) is 7.52. The lowest BCUT2D eigenvalue weighted by Crippen LogP contribution is -2.49. The maximum atomic E-state index is 14.0. The summed E-state index contributed by atoms with van der Waals surface area (Å²) < 4.78 is 14.0. The first-order valence-electron chi connectivity index (χ1n) is 4.68. The molecule has 4 unspecified atom stereocenters. The number of rotatable bonds is 3. The molecule has 68 valence electrons. The van der Waals surface area contributed by atoms with Gasteiger partial charge in [-0.1, -0.05) is 6.08 Å². The van der Waals surface area contributed by atoms with Gasteiger partial charge in [-0.05, 0) is 32.2 Å². The van der Waals surface area contributed by atoms with Crippen LogP contribution in [-0.2, 0) is 0 Å². The Hall–Kier alpha value is -0.370. The molecule has 3 aliphatic rings. The van der Waals surface area contributed by atoms with E-state index in [2.05, 4.69) is 11.9 Å². The fourth-order valence-corrected chi connectivity index (χ4v) is 2.80. The summed E-state index contributed by atoms with van der Waals surface area (Å²) >= 11 is 0. The van der Waals surface area contributed by atoms with E-state index in [1.165, 1.54) is 6.42 Å². The minimum absolute atomic E-state index is 0.246. The standard InChI is InChI=1S/C10H16FN/c1-3-4-10(2,11)9-7-5-8(9)12-6-7/h3,7-9,12H,1,4-6H2,2H3. The predicted molar refractivity (Wildman–Crippen MR) is 47.7 cm³/mol. The molecule has 0 radical (unpaired) electrons. The normalized spacial score (nSPS) is 43.3. The number of halogens is 1. The summed E-state index contributed by atoms with van der Waals surface area (Å²) in [6.45, 7) is 6.33. The molecule has 1 aliphatic carbocycles. The van der Waals surface area contributed by atoms with E-state index in [0.29, 0.717) is 18.4 Å². The van der Waals surface area contributed by atoms with Gasteiger partial charge in [0.05, 0.1) is 0 Å². The summed E-state index contributed by atoms with van der Waals surface area (Å²) in [6, 6.07) is 0.449. The summed E-state index contributed by atoms with van der Waals surface area (Å²) in [5.41, 5.74) is -1.03. The van der Waals surface area contributed by atoms with Crippen molar-refractivity contribution >= 4 is 0 Å². The van der Waals surface area contributed by atoms with E-state index in [9.17, 15) is 4.39 Å². The zero-order valence-electron chi connectivity index (χ0n) is 7.52. The Morgan fingerprint density at radius 3 is 2.92 bits per heavy atom. The van der Waals surface area contributed by atoms with E-state index in [1.807, 2.05) is 0 Å². The van der Waals surface area contributed by atoms with Crippen molar-refractivity contribution in [1.82, 2.24) is 5.32 Å². The molecule has 3 fully saturated rings. The van der Waals surface area contributed by atoms with E-state index < -0.39 is 5.67 Å². The van der Waals surface area contributed by atoms with Gasteiger partial charge >= 0.3 is 0 Å². The van der Waals surface area contributed by atoms with Crippen LogP contribution in [0.4, 0.5) is 4.39 Å². The van der Waals surface area contributed by atoms with Crippen molar-refractivity contribution in [2.24, 2.45) is 11.8 Å². The third kappa shape index (κ3) is 1.01. The van der Waals surface area contributed by atoms with Crippen LogP contribution in [-0.4, -0.2) is 18.3 Å². The zero-order chi connectivity index (χ0) is 8.77. The number of allylic oxidation sites excluding steroid dienone is 1. The maximum Gasteiger partial charge on any atom is 0.116 e. The van der Waals surface area contributed by atoms with Gasteiger partial charge in [0.15, 0.2) is 0 Å². The molecular formula is C10H16FN. The lowest BCUT2D eigenvalue weighted by Gasteiger charge is -2.42. The van der Waals surface area contributed by atoms with Gasteiger partial charge in [-0.3, -0.25) is 0 Å². The minimum Gasteiger partial charge on any atom is -0.313 e. The quantitative estimate of drug-likeness (QED) is 0.636. The summed E-state index contributed by atoms with van der Waals surface area (Å²) in [6.07, 6.45) is 3.37. The smallest absolute Gasteiger partial charge is 0.116 e. The van der Waals surface area contributed by atoms with E-state index in [1.54, 1.807) is 13.0 Å². The third-order valence-corrected chi connectivity index (χ3v) is 3.38. The van der Waals surface area contributed by atoms with Crippen LogP contribution in [0.2, 0.25) is 0 Å². The van der Waals surface area contributed by atoms with Crippen LogP contribution in [0.1, 0.15) is 19.8 Å². The maximum absolute atomic E-state index is 14.0. The van der Waals surface area contributed by atoms with Crippen LogP contribution in [0.5, 0.6) is 0 Å². The number of nitrogens with one attached hydrogen (secondary N) is 1. The van der Waals surface area contributed by atoms with Gasteiger partial charge in [0, 0.05) is 12.0 Å². The predicted octanol–water partition coefficient (Wildman–Crippen LogP) is 1.90. The molecule has 0 spiro atoms. The number of fused-ring (bicyclic) bond motifs is 1. The van der Waals surface area contributed by atoms with E-state index in [4.69, 9.17) is 0 Å². The van der Waals surface area contributed by atoms with E-state index in [0.717, 1.165) is 6.54 Å². The fraction of sp³-hybridized carbons (Fsp3) is 0.800. The highest BCUT2D eigenvalue weighted by Gasteiger charge is 2.55. The second-order valence-corrected chi connectivity index (χ2v) is 4.31. The Labute approximate surface area is 73.0 Å². The molecule has 2 aliphatic heterocycles. The molecular weight excluding hydrogens is 153 g/mol. The van der Waals surface area contributed by atoms with Crippen LogP contribution >= 0.6 is 0 Å². The van der Waals surface area contributed by atoms with Crippen LogP contribution in [0, 0.1) is 11.8 Å². The van der Waals surface area contributed by atoms with Crippen molar-refractivity contribution in [3.05, 3.63) is 12.7 Å². The van der Waals surface area contributed by atoms with Crippen LogP contribution in [0.3, 0.4) is 0 Å². The highest BCUT2D eigenvalue weighted by molar-refractivity contribution is 5.10. The summed E-state index contributed by atoms with van der Waals surface area (Å²) in [5.74, 6) is 0.834. The summed E-state index contributed by atoms with van der Waals surface area (Å²) in [5, 5.41) is 3.33. The van der Waals surface area contributed by atoms with Crippen molar-refractivity contribution < 1.29 is 4.39 Å². The monoisotopic (exact) mass is 169 g/mol. The van der Waals surface area contributed by atoms with Gasteiger partial charge in [0.2, 0.25) is 0 Å². The minimum atomic E-state index is -1.03. The molecule has 0 amide bonds. The van der Waals surface area contributed by atoms with Gasteiger partial charge < -0.3 is 5.32 Å². The first kappa shape index (κ1) is 8.24.